The van der Waals surface area contributed by atoms with E-state index in [9.17, 15) is 4.79 Å². The van der Waals surface area contributed by atoms with E-state index in [2.05, 4.69) is 60.3 Å². The molecule has 3 saturated heterocycles. The van der Waals surface area contributed by atoms with Crippen molar-refractivity contribution < 1.29 is 18.8 Å². The van der Waals surface area contributed by atoms with Gasteiger partial charge in [0.1, 0.15) is 6.10 Å². The number of fused-ring (bicyclic) bond motifs is 10. The summed E-state index contributed by atoms with van der Waals surface area (Å²) in [6.07, 6.45) is 13.7. The maximum atomic E-state index is 13.5. The summed E-state index contributed by atoms with van der Waals surface area (Å²) in [5, 5.41) is 0. The number of quaternary nitrogens is 1. The lowest BCUT2D eigenvalue weighted by atomic mass is 9.32. The van der Waals surface area contributed by atoms with Crippen LogP contribution in [-0.2, 0) is 14.3 Å². The highest BCUT2D eigenvalue weighted by atomic mass is 16.5. The van der Waals surface area contributed by atoms with Crippen molar-refractivity contribution in [1.82, 2.24) is 4.90 Å². The average Bonchev–Trinajstić information content (AvgIpc) is 2.97. The lowest BCUT2D eigenvalue weighted by Crippen LogP contribution is -2.69. The van der Waals surface area contributed by atoms with E-state index in [1.165, 1.54) is 57.8 Å². The van der Waals surface area contributed by atoms with Gasteiger partial charge in [0, 0.05) is 31.7 Å². The van der Waals surface area contributed by atoms with Gasteiger partial charge in [-0.25, -0.2) is 4.79 Å². The van der Waals surface area contributed by atoms with Crippen molar-refractivity contribution in [2.75, 3.05) is 52.4 Å². The van der Waals surface area contributed by atoms with Gasteiger partial charge < -0.3 is 14.0 Å². The van der Waals surface area contributed by atoms with Gasteiger partial charge in [-0.1, -0.05) is 48.5 Å². The second-order valence-corrected chi connectivity index (χ2v) is 19.3. The number of carbonyl (C=O) groups excluding carboxylic acids is 1. The minimum Gasteiger partial charge on any atom is -0.458 e. The first-order valence-corrected chi connectivity index (χ1v) is 19.1. The Hall–Kier alpha value is -0.650. The van der Waals surface area contributed by atoms with Crippen LogP contribution >= 0.6 is 0 Å². The molecule has 0 aromatic heterocycles. The zero-order valence-corrected chi connectivity index (χ0v) is 29.9. The van der Waals surface area contributed by atoms with Crippen LogP contribution in [0.25, 0.3) is 0 Å². The van der Waals surface area contributed by atoms with Crippen LogP contribution in [0.3, 0.4) is 0 Å². The number of esters is 1. The van der Waals surface area contributed by atoms with Gasteiger partial charge in [-0.05, 0) is 122 Å². The first kappa shape index (κ1) is 31.9. The Labute approximate surface area is 270 Å². The van der Waals surface area contributed by atoms with Gasteiger partial charge >= 0.3 is 5.97 Å². The van der Waals surface area contributed by atoms with Crippen LogP contribution in [0, 0.1) is 56.7 Å². The lowest BCUT2D eigenvalue weighted by molar-refractivity contribution is -0.934. The summed E-state index contributed by atoms with van der Waals surface area (Å²) in [4.78, 5) is 16.1. The van der Waals surface area contributed by atoms with Gasteiger partial charge in [0.2, 0.25) is 0 Å². The lowest BCUT2D eigenvalue weighted by Gasteiger charge is -2.73. The molecule has 10 atom stereocenters. The summed E-state index contributed by atoms with van der Waals surface area (Å²) < 4.78 is 14.2. The highest BCUT2D eigenvalue weighted by Gasteiger charge is 2.69. The Bertz CT molecular complexity index is 1100. The fourth-order valence-electron chi connectivity index (χ4n) is 14.2. The Morgan fingerprint density at radius 3 is 2.11 bits per heavy atom. The van der Waals surface area contributed by atoms with Crippen molar-refractivity contribution >= 4 is 5.97 Å². The molecule has 44 heavy (non-hydrogen) atoms. The van der Waals surface area contributed by atoms with E-state index in [1.54, 1.807) is 0 Å². The molecule has 0 aromatic carbocycles. The minimum absolute atomic E-state index is 0.0213. The molecule has 5 heteroatoms. The van der Waals surface area contributed by atoms with E-state index in [1.807, 2.05) is 0 Å². The highest BCUT2D eigenvalue weighted by Crippen LogP contribution is 2.76. The summed E-state index contributed by atoms with van der Waals surface area (Å²) >= 11 is 0. The van der Waals surface area contributed by atoms with Crippen molar-refractivity contribution in [2.24, 2.45) is 56.7 Å². The van der Waals surface area contributed by atoms with E-state index < -0.39 is 0 Å². The zero-order valence-electron chi connectivity index (χ0n) is 29.9. The van der Waals surface area contributed by atoms with Crippen LogP contribution in [0.15, 0.2) is 0 Å². The fraction of sp³-hybridized carbons (Fsp3) is 0.974. The van der Waals surface area contributed by atoms with Gasteiger partial charge in [-0.15, -0.1) is 0 Å². The zero-order chi connectivity index (χ0) is 31.3. The number of nitrogens with zero attached hydrogens (tertiary/aromatic N) is 2. The molecule has 2 bridgehead atoms. The monoisotopic (exact) mass is 612 g/mol. The maximum Gasteiger partial charge on any atom is 0.362 e. The van der Waals surface area contributed by atoms with Gasteiger partial charge in [0.05, 0.1) is 25.7 Å². The quantitative estimate of drug-likeness (QED) is 0.237. The second-order valence-electron chi connectivity index (χ2n) is 19.3. The Morgan fingerprint density at radius 2 is 1.43 bits per heavy atom. The molecule has 8 fully saturated rings. The molecule has 0 radical (unpaired) electrons. The second kappa shape index (κ2) is 10.7. The molecule has 0 spiro atoms. The predicted molar refractivity (Wildman–Crippen MR) is 177 cm³/mol. The van der Waals surface area contributed by atoms with Crippen molar-refractivity contribution in [1.29, 1.82) is 0 Å². The van der Waals surface area contributed by atoms with Gasteiger partial charge in [0.15, 0.2) is 6.54 Å². The minimum atomic E-state index is 0.0213. The molecule has 3 aliphatic heterocycles. The largest absolute Gasteiger partial charge is 0.458 e. The summed E-state index contributed by atoms with van der Waals surface area (Å²) in [6, 6.07) is 0. The Balaban J connectivity index is 1.10. The van der Waals surface area contributed by atoms with Crippen LogP contribution in [0.4, 0.5) is 0 Å². The van der Waals surface area contributed by atoms with Crippen LogP contribution in [0.5, 0.6) is 0 Å². The molecule has 0 aromatic rings. The maximum absolute atomic E-state index is 13.5. The van der Waals surface area contributed by atoms with Crippen molar-refractivity contribution in [3.05, 3.63) is 0 Å². The molecule has 5 nitrogen and oxygen atoms in total. The number of ether oxygens (including phenoxy) is 2. The first-order valence-electron chi connectivity index (χ1n) is 19.1. The average molecular weight is 612 g/mol. The third kappa shape index (κ3) is 4.57. The summed E-state index contributed by atoms with van der Waals surface area (Å²) in [6.45, 7) is 28.6. The topological polar surface area (TPSA) is 38.8 Å². The van der Waals surface area contributed by atoms with Crippen molar-refractivity contribution in [3.63, 3.8) is 0 Å². The van der Waals surface area contributed by atoms with E-state index >= 15 is 0 Å². The first-order chi connectivity index (χ1) is 20.7. The molecular weight excluding hydrogens is 544 g/mol. The smallest absolute Gasteiger partial charge is 0.362 e. The van der Waals surface area contributed by atoms with E-state index in [4.69, 9.17) is 9.47 Å². The molecule has 0 N–H and O–H groups in total. The fourth-order valence-corrected chi connectivity index (χ4v) is 14.2. The summed E-state index contributed by atoms with van der Waals surface area (Å²) in [5.41, 5.74) is 1.38. The molecule has 5 saturated carbocycles. The van der Waals surface area contributed by atoms with Crippen LogP contribution in [0.1, 0.15) is 120 Å². The van der Waals surface area contributed by atoms with Gasteiger partial charge in [-0.3, -0.25) is 4.90 Å². The van der Waals surface area contributed by atoms with E-state index in [-0.39, 0.29) is 22.9 Å². The molecule has 8 rings (SSSR count). The third-order valence-electron chi connectivity index (χ3n) is 17.0. The molecular formula is C39H67N2O3+. The molecule has 9 unspecified atom stereocenters. The van der Waals surface area contributed by atoms with E-state index in [0.717, 1.165) is 80.5 Å². The Morgan fingerprint density at radius 1 is 0.773 bits per heavy atom. The molecule has 5 aliphatic carbocycles. The molecule has 250 valence electrons. The van der Waals surface area contributed by atoms with Crippen LogP contribution < -0.4 is 0 Å². The highest BCUT2D eigenvalue weighted by molar-refractivity contribution is 5.71. The predicted octanol–water partition coefficient (Wildman–Crippen LogP) is 7.57. The summed E-state index contributed by atoms with van der Waals surface area (Å²) in [5.74, 6) is 3.81. The van der Waals surface area contributed by atoms with Crippen molar-refractivity contribution in [3.8, 4) is 0 Å². The normalized spacial score (nSPS) is 52.2. The van der Waals surface area contributed by atoms with Gasteiger partial charge in [-0.2, -0.15) is 0 Å². The van der Waals surface area contributed by atoms with E-state index in [0.29, 0.717) is 34.8 Å². The summed E-state index contributed by atoms with van der Waals surface area (Å²) in [7, 11) is 0. The van der Waals surface area contributed by atoms with Crippen molar-refractivity contribution in [2.45, 2.75) is 132 Å². The Kier molecular flexibility index (Phi) is 7.75. The molecule has 8 aliphatic rings. The molecule has 3 heterocycles. The number of hydrogen-bond acceptors (Lipinski definition) is 4. The molecule has 0 amide bonds. The number of hydrogen-bond donors (Lipinski definition) is 0. The third-order valence-corrected chi connectivity index (χ3v) is 17.0. The number of piperazine rings is 3. The number of rotatable bonds is 5. The van der Waals surface area contributed by atoms with Gasteiger partial charge in [0.25, 0.3) is 0 Å². The number of carbonyl (C=O) groups is 1. The standard InChI is InChI=1S/C39H67N2O3/c1-9-43-34-33-27(12-16-35(34,2)3)13-18-38(7)28(33)10-11-30-37(6)17-15-31(36(4,5)29(37)14-19-39(30,38)8)44-32(42)26-41-23-20-40(21-24-41)22-25-41/h27-31,33-34H,9-26H2,1-8H3/q+1/t27?,28?,29?,30?,31?,33?,34?,37?,38-,39?/m1/s1. The SMILES string of the molecule is CCOC1C2C(CCC1(C)C)CC[C@]1(C)C2CCC2C3(C)CCC(OC(=O)C[N+]45CCN(CC4)CC5)C(C)(C)C3CCC21C. The van der Waals surface area contributed by atoms with Crippen LogP contribution in [-0.4, -0.2) is 80.0 Å². The van der Waals surface area contributed by atoms with Crippen LogP contribution in [0.2, 0.25) is 0 Å².